The zero-order valence-electron chi connectivity index (χ0n) is 25.9. The normalized spacial score (nSPS) is 11.1. The lowest BCUT2D eigenvalue weighted by Crippen LogP contribution is -2.47. The highest BCUT2D eigenvalue weighted by Crippen LogP contribution is 2.28. The van der Waals surface area contributed by atoms with Crippen LogP contribution in [0.25, 0.3) is 0 Å². The Balaban J connectivity index is -0.0000000463. The van der Waals surface area contributed by atoms with E-state index in [2.05, 4.69) is 6.92 Å². The SMILES string of the molecule is C=O.C=O.CC.CC(=O)N1CC(C)C1.CC(=O)N1CCC1.CC=O.CC=O.CC=O.CC=O.CP(C)(C)=O. The molecule has 2 amide bonds. The van der Waals surface area contributed by atoms with E-state index >= 15 is 0 Å². The van der Waals surface area contributed by atoms with Crippen molar-refractivity contribution in [1.82, 2.24) is 9.80 Å². The monoisotopic (exact) mass is 570 g/mol. The molecule has 2 rings (SSSR count). The zero-order valence-corrected chi connectivity index (χ0v) is 26.7. The summed E-state index contributed by atoms with van der Waals surface area (Å²) in [6.07, 6.45) is 4.19. The van der Waals surface area contributed by atoms with E-state index in [1.807, 2.05) is 37.2 Å². The van der Waals surface area contributed by atoms with Gasteiger partial charge >= 0.3 is 0 Å². The highest BCUT2D eigenvalue weighted by Gasteiger charge is 2.23. The summed E-state index contributed by atoms with van der Waals surface area (Å²) in [6.45, 7) is 28.3. The van der Waals surface area contributed by atoms with Crippen LogP contribution in [0.15, 0.2) is 0 Å². The topological polar surface area (TPSA) is 160 Å². The Bertz CT molecular complexity index is 539. The molecule has 0 aromatic heterocycles. The van der Waals surface area contributed by atoms with Crippen molar-refractivity contribution in [2.75, 3.05) is 46.2 Å². The van der Waals surface area contributed by atoms with Gasteiger partial charge in [-0.3, -0.25) is 9.59 Å². The fourth-order valence-electron chi connectivity index (χ4n) is 1.59. The first-order chi connectivity index (χ1) is 17.7. The van der Waals surface area contributed by atoms with Crippen molar-refractivity contribution in [1.29, 1.82) is 0 Å². The van der Waals surface area contributed by atoms with Crippen LogP contribution in [0.1, 0.15) is 68.7 Å². The number of rotatable bonds is 0. The van der Waals surface area contributed by atoms with E-state index < -0.39 is 7.14 Å². The molecule has 0 aromatic rings. The quantitative estimate of drug-likeness (QED) is 0.314. The molecule has 0 aliphatic carbocycles. The molecule has 0 N–H and O–H groups in total. The Morgan fingerprint density at radius 1 is 0.684 bits per heavy atom. The van der Waals surface area contributed by atoms with Crippen molar-refractivity contribution in [3.8, 4) is 0 Å². The van der Waals surface area contributed by atoms with Crippen molar-refractivity contribution in [2.24, 2.45) is 5.92 Å². The molecule has 228 valence electrons. The van der Waals surface area contributed by atoms with E-state index in [1.54, 1.807) is 33.8 Å². The standard InChI is InChI=1S/C6H11NO.C5H9NO.C3H9OP.4C2H4O.C2H6.2CH2O/c1-5-3-7(4-5)6(2)8;1-5(7)6-3-2-4-6;1-5(2,3)4;4*1-2-3;3*1-2/h5H,3-4H2,1-2H3;2-4H2,1H3;1-3H3;4*2H,1H3;1-2H3;2*1H2. The smallest absolute Gasteiger partial charge is 0.219 e. The molecule has 0 bridgehead atoms. The summed E-state index contributed by atoms with van der Waals surface area (Å²) in [5, 5.41) is 0. The Morgan fingerprint density at radius 2 is 0.868 bits per heavy atom. The lowest BCUT2D eigenvalue weighted by molar-refractivity contribution is -0.134. The maximum Gasteiger partial charge on any atom is 0.219 e. The van der Waals surface area contributed by atoms with Crippen LogP contribution in [0.5, 0.6) is 0 Å². The Morgan fingerprint density at radius 3 is 0.895 bits per heavy atom. The van der Waals surface area contributed by atoms with Crippen molar-refractivity contribution >= 4 is 57.7 Å². The van der Waals surface area contributed by atoms with Gasteiger partial charge in [-0.25, -0.2) is 0 Å². The summed E-state index contributed by atoms with van der Waals surface area (Å²) >= 11 is 0. The Labute approximate surface area is 231 Å². The molecule has 0 saturated carbocycles. The minimum absolute atomic E-state index is 0.211. The number of likely N-dealkylation sites (tertiary alicyclic amines) is 2. The molecule has 0 unspecified atom stereocenters. The van der Waals surface area contributed by atoms with Crippen LogP contribution >= 0.6 is 7.14 Å². The number of hydrogen-bond acceptors (Lipinski definition) is 9. The van der Waals surface area contributed by atoms with Crippen LogP contribution in [-0.2, 0) is 42.9 Å². The summed E-state index contributed by atoms with van der Waals surface area (Å²) in [6, 6.07) is 0. The third-order valence-corrected chi connectivity index (χ3v) is 2.81. The van der Waals surface area contributed by atoms with Crippen molar-refractivity contribution in [2.45, 2.75) is 68.7 Å². The second-order valence-electron chi connectivity index (χ2n) is 7.22. The van der Waals surface area contributed by atoms with E-state index in [4.69, 9.17) is 28.8 Å². The van der Waals surface area contributed by atoms with Gasteiger partial charge in [0.15, 0.2) is 0 Å². The van der Waals surface area contributed by atoms with Crippen LogP contribution in [0.2, 0.25) is 0 Å². The van der Waals surface area contributed by atoms with Crippen molar-refractivity contribution in [3.05, 3.63) is 0 Å². The van der Waals surface area contributed by atoms with Gasteiger partial charge in [-0.2, -0.15) is 0 Å². The molecule has 2 fully saturated rings. The van der Waals surface area contributed by atoms with Crippen molar-refractivity contribution < 1.29 is 42.9 Å². The highest BCUT2D eigenvalue weighted by molar-refractivity contribution is 7.61. The Kier molecular flexibility index (Phi) is 74.6. The molecule has 2 heterocycles. The number of aldehydes is 4. The van der Waals surface area contributed by atoms with E-state index in [9.17, 15) is 14.2 Å². The molecule has 2 aliphatic heterocycles. The number of nitrogens with zero attached hydrogens (tertiary/aromatic N) is 2. The maximum absolute atomic E-state index is 10.5. The van der Waals surface area contributed by atoms with Gasteiger partial charge in [-0.1, -0.05) is 20.8 Å². The Hall–Kier alpha value is -2.81. The number of carbonyl (C=O) groups excluding carboxylic acids is 8. The molecule has 0 aromatic carbocycles. The summed E-state index contributed by atoms with van der Waals surface area (Å²) in [5.41, 5.74) is 0. The molecule has 0 radical (unpaired) electrons. The van der Waals surface area contributed by atoms with E-state index in [1.165, 1.54) is 34.1 Å². The third-order valence-electron chi connectivity index (χ3n) is 2.81. The summed E-state index contributed by atoms with van der Waals surface area (Å²) < 4.78 is 10.2. The van der Waals surface area contributed by atoms with Crippen LogP contribution in [0, 0.1) is 5.92 Å². The van der Waals surface area contributed by atoms with Crippen LogP contribution in [-0.4, -0.2) is 107 Å². The number of hydrogen-bond donors (Lipinski definition) is 0. The van der Waals surface area contributed by atoms with Crippen molar-refractivity contribution in [3.63, 3.8) is 0 Å². The average Bonchev–Trinajstić information content (AvgIpc) is 2.76. The molecule has 0 spiro atoms. The predicted molar refractivity (Wildman–Crippen MR) is 156 cm³/mol. The molecule has 0 atom stereocenters. The van der Waals surface area contributed by atoms with E-state index in [-0.39, 0.29) is 11.8 Å². The first-order valence-corrected chi connectivity index (χ1v) is 14.9. The van der Waals surface area contributed by atoms with Crippen LogP contribution < -0.4 is 0 Å². The molecule has 2 saturated heterocycles. The summed E-state index contributed by atoms with van der Waals surface area (Å²) in [7, 11) is -1.64. The molecule has 11 nitrogen and oxygen atoms in total. The average molecular weight is 571 g/mol. The van der Waals surface area contributed by atoms with Gasteiger partial charge in [0.1, 0.15) is 38.7 Å². The van der Waals surface area contributed by atoms with Gasteiger partial charge in [-0.15, -0.1) is 0 Å². The van der Waals surface area contributed by atoms with Crippen LogP contribution in [0.3, 0.4) is 0 Å². The highest BCUT2D eigenvalue weighted by atomic mass is 31.2. The third kappa shape index (κ3) is 93.4. The molecular formula is C26H55N2O9P. The van der Waals surface area contributed by atoms with Gasteiger partial charge in [-0.05, 0) is 60.0 Å². The summed E-state index contributed by atoms with van der Waals surface area (Å²) in [5.74, 6) is 1.16. The minimum Gasteiger partial charge on any atom is -0.343 e. The van der Waals surface area contributed by atoms with Gasteiger partial charge < -0.3 is 43.1 Å². The summed E-state index contributed by atoms with van der Waals surface area (Å²) in [4.78, 5) is 75.8. The van der Waals surface area contributed by atoms with Gasteiger partial charge in [0, 0.05) is 40.0 Å². The fraction of sp³-hybridized carbons (Fsp3) is 0.692. The van der Waals surface area contributed by atoms with Crippen LogP contribution in [0.4, 0.5) is 0 Å². The largest absolute Gasteiger partial charge is 0.343 e. The van der Waals surface area contributed by atoms with Gasteiger partial charge in [0.05, 0.1) is 7.14 Å². The molecule has 38 heavy (non-hydrogen) atoms. The van der Waals surface area contributed by atoms with E-state index in [0.29, 0.717) is 0 Å². The zero-order chi connectivity index (χ0) is 32.8. The van der Waals surface area contributed by atoms with Gasteiger partial charge in [0.25, 0.3) is 0 Å². The van der Waals surface area contributed by atoms with Gasteiger partial charge in [0.2, 0.25) is 11.8 Å². The molecule has 12 heteroatoms. The number of amides is 2. The predicted octanol–water partition coefficient (Wildman–Crippen LogP) is 3.44. The second-order valence-corrected chi connectivity index (χ2v) is 11.0. The first-order valence-electron chi connectivity index (χ1n) is 11.9. The molecule has 2 aliphatic rings. The first kappa shape index (κ1) is 55.6. The number of carbonyl (C=O) groups is 8. The van der Waals surface area contributed by atoms with E-state index in [0.717, 1.165) is 57.2 Å². The maximum atomic E-state index is 10.5. The molecular weight excluding hydrogens is 515 g/mol. The minimum atomic E-state index is -1.64. The second kappa shape index (κ2) is 50.9. The lowest BCUT2D eigenvalue weighted by atomic mass is 10.0. The fourth-order valence-corrected chi connectivity index (χ4v) is 1.59. The lowest BCUT2D eigenvalue weighted by Gasteiger charge is -2.36.